The minimum Gasteiger partial charge on any atom is -0.395 e. The second kappa shape index (κ2) is 9.79. The van der Waals surface area contributed by atoms with Crippen LogP contribution in [0.2, 0.25) is 0 Å². The number of hydrogen-bond donors (Lipinski definition) is 4. The predicted molar refractivity (Wildman–Crippen MR) is 108 cm³/mol. The van der Waals surface area contributed by atoms with Crippen molar-refractivity contribution in [3.8, 4) is 0 Å². The van der Waals surface area contributed by atoms with Gasteiger partial charge in [0.2, 0.25) is 5.91 Å². The van der Waals surface area contributed by atoms with E-state index in [0.29, 0.717) is 12.2 Å². The average molecular weight is 389 g/mol. The van der Waals surface area contributed by atoms with Crippen LogP contribution in [-0.4, -0.2) is 46.9 Å². The van der Waals surface area contributed by atoms with Crippen molar-refractivity contribution in [1.82, 2.24) is 15.4 Å². The second-order valence-corrected chi connectivity index (χ2v) is 6.34. The van der Waals surface area contributed by atoms with E-state index in [1.165, 1.54) is 6.07 Å². The van der Waals surface area contributed by atoms with Gasteiger partial charge in [-0.05, 0) is 49.3 Å². The van der Waals surface area contributed by atoms with Gasteiger partial charge in [-0.3, -0.25) is 14.6 Å². The number of anilines is 1. The summed E-state index contributed by atoms with van der Waals surface area (Å²) in [6.07, 6.45) is 1.54. The van der Waals surface area contributed by atoms with Gasteiger partial charge in [-0.1, -0.05) is 6.07 Å². The van der Waals surface area contributed by atoms with Crippen molar-refractivity contribution < 1.29 is 9.90 Å². The highest BCUT2D eigenvalue weighted by Crippen LogP contribution is 2.18. The molecule has 0 radical (unpaired) electrons. The number of aliphatic hydroxyl groups is 1. The number of benzene rings is 1. The standard InChI is InChI=1S/C18H23N5O3S/c1-3-23(6-7-24)15-5-4-13(12(2)8-15)11-19-22-17(26)10-14-9-16(25)21-18(27)20-14/h4-5,8-9,11,24H,3,6-7,10H2,1-2H3,(H,22,26)(H2,20,21,25,27)/b19-11-. The predicted octanol–water partition coefficient (Wildman–Crippen LogP) is 1.25. The molecule has 4 N–H and O–H groups in total. The molecule has 0 bridgehead atoms. The van der Waals surface area contributed by atoms with Gasteiger partial charge in [0.05, 0.1) is 19.2 Å². The molecule has 2 rings (SSSR count). The van der Waals surface area contributed by atoms with E-state index < -0.39 is 0 Å². The number of aliphatic hydroxyl groups excluding tert-OH is 1. The molecule has 0 spiro atoms. The van der Waals surface area contributed by atoms with Crippen LogP contribution in [0.25, 0.3) is 0 Å². The summed E-state index contributed by atoms with van der Waals surface area (Å²) in [4.78, 5) is 30.5. The van der Waals surface area contributed by atoms with Crippen LogP contribution in [0.1, 0.15) is 23.7 Å². The van der Waals surface area contributed by atoms with E-state index in [4.69, 9.17) is 17.3 Å². The molecule has 1 heterocycles. The molecular weight excluding hydrogens is 366 g/mol. The number of aromatic nitrogens is 2. The molecule has 0 aliphatic rings. The summed E-state index contributed by atoms with van der Waals surface area (Å²) in [5, 5.41) is 13.1. The fraction of sp³-hybridized carbons (Fsp3) is 0.333. The lowest BCUT2D eigenvalue weighted by molar-refractivity contribution is -0.120. The molecule has 1 aromatic heterocycles. The van der Waals surface area contributed by atoms with Gasteiger partial charge in [-0.25, -0.2) is 5.43 Å². The van der Waals surface area contributed by atoms with Gasteiger partial charge < -0.3 is 15.0 Å². The summed E-state index contributed by atoms with van der Waals surface area (Å²) >= 11 is 4.87. The van der Waals surface area contributed by atoms with Crippen LogP contribution in [0, 0.1) is 11.7 Å². The summed E-state index contributed by atoms with van der Waals surface area (Å²) in [5.74, 6) is -0.364. The fourth-order valence-electron chi connectivity index (χ4n) is 2.59. The Morgan fingerprint density at radius 2 is 2.15 bits per heavy atom. The molecular formula is C18H23N5O3S. The van der Waals surface area contributed by atoms with Crippen LogP contribution in [0.4, 0.5) is 5.69 Å². The minimum absolute atomic E-state index is 0.0323. The second-order valence-electron chi connectivity index (χ2n) is 5.93. The van der Waals surface area contributed by atoms with E-state index in [-0.39, 0.29) is 29.3 Å². The Hall–Kier alpha value is -2.78. The number of nitrogens with one attached hydrogen (secondary N) is 3. The van der Waals surface area contributed by atoms with Crippen molar-refractivity contribution >= 4 is 30.0 Å². The number of hydrazone groups is 1. The first-order valence-corrected chi connectivity index (χ1v) is 8.94. The van der Waals surface area contributed by atoms with Gasteiger partial charge >= 0.3 is 0 Å². The van der Waals surface area contributed by atoms with Gasteiger partial charge in [-0.15, -0.1) is 0 Å². The van der Waals surface area contributed by atoms with Crippen molar-refractivity contribution in [1.29, 1.82) is 0 Å². The third kappa shape index (κ3) is 6.15. The summed E-state index contributed by atoms with van der Waals surface area (Å²) in [6, 6.07) is 7.16. The Morgan fingerprint density at radius 3 is 2.78 bits per heavy atom. The minimum atomic E-state index is -0.364. The molecule has 1 amide bonds. The maximum absolute atomic E-state index is 11.9. The van der Waals surface area contributed by atoms with Gasteiger partial charge in [-0.2, -0.15) is 5.10 Å². The molecule has 0 aliphatic heterocycles. The Labute approximate surface area is 161 Å². The Morgan fingerprint density at radius 1 is 1.37 bits per heavy atom. The molecule has 0 saturated carbocycles. The van der Waals surface area contributed by atoms with Gasteiger partial charge in [0, 0.05) is 30.5 Å². The lowest BCUT2D eigenvalue weighted by atomic mass is 10.1. The van der Waals surface area contributed by atoms with Crippen LogP contribution >= 0.6 is 12.2 Å². The highest BCUT2D eigenvalue weighted by Gasteiger charge is 2.06. The highest BCUT2D eigenvalue weighted by atomic mass is 32.1. The van der Waals surface area contributed by atoms with Crippen LogP contribution in [0.3, 0.4) is 0 Å². The number of likely N-dealkylation sites (N-methyl/N-ethyl adjacent to an activating group) is 1. The van der Waals surface area contributed by atoms with Gasteiger partial charge in [0.1, 0.15) is 0 Å². The summed E-state index contributed by atoms with van der Waals surface area (Å²) in [5.41, 5.74) is 5.39. The molecule has 0 atom stereocenters. The first kappa shape index (κ1) is 20.5. The zero-order valence-electron chi connectivity index (χ0n) is 15.3. The van der Waals surface area contributed by atoms with Crippen molar-refractivity contribution in [3.63, 3.8) is 0 Å². The van der Waals surface area contributed by atoms with E-state index in [2.05, 4.69) is 25.4 Å². The number of aromatic amines is 2. The zero-order valence-corrected chi connectivity index (χ0v) is 16.1. The molecule has 8 nitrogen and oxygen atoms in total. The van der Waals surface area contributed by atoms with Crippen LogP contribution < -0.4 is 15.9 Å². The largest absolute Gasteiger partial charge is 0.395 e. The number of H-pyrrole nitrogens is 2. The number of amides is 1. The van der Waals surface area contributed by atoms with Crippen molar-refractivity contribution in [3.05, 3.63) is 56.2 Å². The number of nitrogens with zero attached hydrogens (tertiary/aromatic N) is 2. The summed E-state index contributed by atoms with van der Waals surface area (Å²) in [6.45, 7) is 5.46. The molecule has 0 saturated heterocycles. The molecule has 0 unspecified atom stereocenters. The lowest BCUT2D eigenvalue weighted by Gasteiger charge is -2.22. The Kier molecular flexibility index (Phi) is 7.44. The third-order valence-corrected chi connectivity index (χ3v) is 4.13. The number of rotatable bonds is 8. The quantitative estimate of drug-likeness (QED) is 0.308. The van der Waals surface area contributed by atoms with E-state index >= 15 is 0 Å². The van der Waals surface area contributed by atoms with E-state index in [1.54, 1.807) is 6.21 Å². The number of hydrogen-bond acceptors (Lipinski definition) is 6. The Balaban J connectivity index is 2.00. The SMILES string of the molecule is CCN(CCO)c1ccc(/C=N\NC(=O)Cc2cc(=O)[nH]c(=S)[nH]2)c(C)c1. The molecule has 0 aliphatic carbocycles. The normalized spacial score (nSPS) is 10.9. The first-order chi connectivity index (χ1) is 12.9. The molecule has 144 valence electrons. The summed E-state index contributed by atoms with van der Waals surface area (Å²) in [7, 11) is 0. The third-order valence-electron chi connectivity index (χ3n) is 3.93. The first-order valence-electron chi connectivity index (χ1n) is 8.53. The smallest absolute Gasteiger partial charge is 0.251 e. The monoisotopic (exact) mass is 389 g/mol. The van der Waals surface area contributed by atoms with Crippen molar-refractivity contribution in [2.75, 3.05) is 24.6 Å². The maximum Gasteiger partial charge on any atom is 0.251 e. The molecule has 1 aromatic carbocycles. The average Bonchev–Trinajstić information content (AvgIpc) is 2.60. The number of carbonyl (C=O) groups is 1. The van der Waals surface area contributed by atoms with Crippen LogP contribution in [-0.2, 0) is 11.2 Å². The van der Waals surface area contributed by atoms with Gasteiger partial charge in [0.15, 0.2) is 4.77 Å². The molecule has 2 aromatic rings. The number of aryl methyl sites for hydroxylation is 1. The fourth-order valence-corrected chi connectivity index (χ4v) is 2.82. The number of carbonyl (C=O) groups excluding carboxylic acids is 1. The molecule has 0 fully saturated rings. The zero-order chi connectivity index (χ0) is 19.8. The molecule has 27 heavy (non-hydrogen) atoms. The molecule has 9 heteroatoms. The summed E-state index contributed by atoms with van der Waals surface area (Å²) < 4.78 is 0.173. The van der Waals surface area contributed by atoms with Crippen molar-refractivity contribution in [2.45, 2.75) is 20.3 Å². The van der Waals surface area contributed by atoms with E-state index in [9.17, 15) is 9.59 Å². The van der Waals surface area contributed by atoms with Crippen LogP contribution in [0.15, 0.2) is 34.2 Å². The maximum atomic E-state index is 11.9. The topological polar surface area (TPSA) is 114 Å². The van der Waals surface area contributed by atoms with Crippen molar-refractivity contribution in [2.24, 2.45) is 5.10 Å². The highest BCUT2D eigenvalue weighted by molar-refractivity contribution is 7.71. The lowest BCUT2D eigenvalue weighted by Crippen LogP contribution is -2.26. The van der Waals surface area contributed by atoms with E-state index in [0.717, 1.165) is 23.4 Å². The Bertz CT molecular complexity index is 907. The van der Waals surface area contributed by atoms with E-state index in [1.807, 2.05) is 32.0 Å². The van der Waals surface area contributed by atoms with Crippen LogP contribution in [0.5, 0.6) is 0 Å². The van der Waals surface area contributed by atoms with Gasteiger partial charge in [0.25, 0.3) is 5.56 Å².